The van der Waals surface area contributed by atoms with Gasteiger partial charge < -0.3 is 9.80 Å². The van der Waals surface area contributed by atoms with Crippen molar-refractivity contribution >= 4 is 29.3 Å². The van der Waals surface area contributed by atoms with Crippen molar-refractivity contribution in [3.05, 3.63) is 53.7 Å². The van der Waals surface area contributed by atoms with Gasteiger partial charge in [-0.3, -0.25) is 9.59 Å². The van der Waals surface area contributed by atoms with Crippen LogP contribution in [0.25, 0.3) is 0 Å². The third-order valence-corrected chi connectivity index (χ3v) is 6.35. The lowest BCUT2D eigenvalue weighted by Crippen LogP contribution is -2.42. The van der Waals surface area contributed by atoms with Gasteiger partial charge in [0.05, 0.1) is 18.0 Å². The summed E-state index contributed by atoms with van der Waals surface area (Å²) in [6.45, 7) is 6.56. The molecule has 0 unspecified atom stereocenters. The van der Waals surface area contributed by atoms with Gasteiger partial charge in [0.25, 0.3) is 5.91 Å². The summed E-state index contributed by atoms with van der Waals surface area (Å²) in [7, 11) is 0. The van der Waals surface area contributed by atoms with Gasteiger partial charge in [-0.15, -0.1) is 0 Å². The Morgan fingerprint density at radius 1 is 1.14 bits per heavy atom. The van der Waals surface area contributed by atoms with E-state index >= 15 is 0 Å². The van der Waals surface area contributed by atoms with Crippen molar-refractivity contribution in [2.45, 2.75) is 31.8 Å². The first-order valence-corrected chi connectivity index (χ1v) is 10.8. The van der Waals surface area contributed by atoms with Crippen LogP contribution < -0.4 is 4.90 Å². The van der Waals surface area contributed by atoms with E-state index in [1.54, 1.807) is 11.1 Å². The van der Waals surface area contributed by atoms with E-state index in [0.717, 1.165) is 29.4 Å². The van der Waals surface area contributed by atoms with Gasteiger partial charge in [-0.2, -0.15) is 0 Å². The molecule has 2 aliphatic heterocycles. The molecule has 1 fully saturated rings. The zero-order valence-corrected chi connectivity index (χ0v) is 17.1. The summed E-state index contributed by atoms with van der Waals surface area (Å²) in [6, 6.07) is 11.5. The van der Waals surface area contributed by atoms with Crippen LogP contribution in [0.5, 0.6) is 0 Å². The number of likely N-dealkylation sites (tertiary alicyclic amines) is 1. The SMILES string of the molecule is C[C@@H]1C[C@H](C)CN(C(=O)c2ccc(CN3C(=O)CSc4ncccc43)cc2)C1. The number of benzene rings is 1. The number of hydrogen-bond acceptors (Lipinski definition) is 4. The van der Waals surface area contributed by atoms with Crippen molar-refractivity contribution < 1.29 is 9.59 Å². The number of fused-ring (bicyclic) bond motifs is 1. The van der Waals surface area contributed by atoms with Gasteiger partial charge in [0, 0.05) is 24.8 Å². The largest absolute Gasteiger partial charge is 0.338 e. The Kier molecular flexibility index (Phi) is 5.40. The van der Waals surface area contributed by atoms with Gasteiger partial charge >= 0.3 is 0 Å². The fourth-order valence-electron chi connectivity index (χ4n) is 4.16. The van der Waals surface area contributed by atoms with Crippen molar-refractivity contribution in [2.75, 3.05) is 23.7 Å². The first-order valence-electron chi connectivity index (χ1n) is 9.77. The number of rotatable bonds is 3. The van der Waals surface area contributed by atoms with Crippen molar-refractivity contribution in [3.8, 4) is 0 Å². The molecule has 1 saturated heterocycles. The number of amides is 2. The van der Waals surface area contributed by atoms with E-state index in [0.29, 0.717) is 29.7 Å². The fraction of sp³-hybridized carbons (Fsp3) is 0.409. The second kappa shape index (κ2) is 7.95. The zero-order valence-electron chi connectivity index (χ0n) is 16.3. The fourth-order valence-corrected chi connectivity index (χ4v) is 5.04. The summed E-state index contributed by atoms with van der Waals surface area (Å²) in [5.74, 6) is 1.69. The summed E-state index contributed by atoms with van der Waals surface area (Å²) in [5, 5.41) is 0.891. The predicted molar refractivity (Wildman–Crippen MR) is 111 cm³/mol. The molecule has 1 aromatic heterocycles. The predicted octanol–water partition coefficient (Wildman–Crippen LogP) is 3.84. The average Bonchev–Trinajstić information content (AvgIpc) is 2.69. The minimum absolute atomic E-state index is 0.0851. The van der Waals surface area contributed by atoms with E-state index in [1.165, 1.54) is 18.2 Å². The molecule has 5 nitrogen and oxygen atoms in total. The smallest absolute Gasteiger partial charge is 0.253 e. The van der Waals surface area contributed by atoms with E-state index in [2.05, 4.69) is 18.8 Å². The molecule has 0 radical (unpaired) electrons. The highest BCUT2D eigenvalue weighted by molar-refractivity contribution is 8.00. The van der Waals surface area contributed by atoms with Gasteiger partial charge in [0.2, 0.25) is 5.91 Å². The number of pyridine rings is 1. The molecule has 2 aliphatic rings. The molecule has 0 saturated carbocycles. The minimum atomic E-state index is 0.0851. The van der Waals surface area contributed by atoms with Crippen LogP contribution in [0, 0.1) is 11.8 Å². The molecule has 2 aromatic rings. The van der Waals surface area contributed by atoms with Crippen LogP contribution in [-0.4, -0.2) is 40.5 Å². The maximum absolute atomic E-state index is 12.9. The van der Waals surface area contributed by atoms with Crippen molar-refractivity contribution in [3.63, 3.8) is 0 Å². The second-order valence-electron chi connectivity index (χ2n) is 7.95. The molecule has 28 heavy (non-hydrogen) atoms. The van der Waals surface area contributed by atoms with Gasteiger partial charge in [0.15, 0.2) is 0 Å². The third-order valence-electron chi connectivity index (χ3n) is 5.37. The number of carbonyl (C=O) groups is 2. The third kappa shape index (κ3) is 3.92. The average molecular weight is 396 g/mol. The Morgan fingerprint density at radius 3 is 2.57 bits per heavy atom. The molecule has 0 N–H and O–H groups in total. The molecule has 0 spiro atoms. The van der Waals surface area contributed by atoms with Crippen molar-refractivity contribution in [1.29, 1.82) is 0 Å². The number of hydrogen-bond donors (Lipinski definition) is 0. The minimum Gasteiger partial charge on any atom is -0.338 e. The maximum atomic E-state index is 12.9. The summed E-state index contributed by atoms with van der Waals surface area (Å²) >= 11 is 1.48. The summed E-state index contributed by atoms with van der Waals surface area (Å²) in [5.41, 5.74) is 2.58. The topological polar surface area (TPSA) is 53.5 Å². The van der Waals surface area contributed by atoms with E-state index < -0.39 is 0 Å². The highest BCUT2D eigenvalue weighted by atomic mass is 32.2. The monoisotopic (exact) mass is 395 g/mol. The van der Waals surface area contributed by atoms with E-state index in [-0.39, 0.29) is 11.8 Å². The lowest BCUT2D eigenvalue weighted by Gasteiger charge is -2.35. The van der Waals surface area contributed by atoms with E-state index in [1.807, 2.05) is 41.3 Å². The van der Waals surface area contributed by atoms with E-state index in [9.17, 15) is 9.59 Å². The van der Waals surface area contributed by atoms with Gasteiger partial charge in [-0.05, 0) is 48.1 Å². The Hall–Kier alpha value is -2.34. The molecular formula is C22H25N3O2S. The van der Waals surface area contributed by atoms with Crippen LogP contribution in [0.4, 0.5) is 5.69 Å². The number of piperidine rings is 1. The molecule has 146 valence electrons. The highest BCUT2D eigenvalue weighted by Gasteiger charge is 2.27. The molecular weight excluding hydrogens is 370 g/mol. The standard InChI is InChI=1S/C22H25N3O2S/c1-15-10-16(2)12-24(11-15)22(27)18-7-5-17(6-8-18)13-25-19-4-3-9-23-21(19)28-14-20(25)26/h3-9,15-16H,10-14H2,1-2H3/t15-,16+. The van der Waals surface area contributed by atoms with Crippen molar-refractivity contribution in [1.82, 2.24) is 9.88 Å². The van der Waals surface area contributed by atoms with Crippen LogP contribution in [0.2, 0.25) is 0 Å². The summed E-state index contributed by atoms with van der Waals surface area (Å²) in [4.78, 5) is 33.4. The number of aromatic nitrogens is 1. The Balaban J connectivity index is 1.48. The Morgan fingerprint density at radius 2 is 1.86 bits per heavy atom. The Bertz CT molecular complexity index is 874. The molecule has 2 amide bonds. The first-order chi connectivity index (χ1) is 13.5. The maximum Gasteiger partial charge on any atom is 0.253 e. The van der Waals surface area contributed by atoms with Crippen LogP contribution >= 0.6 is 11.8 Å². The van der Waals surface area contributed by atoms with Gasteiger partial charge in [0.1, 0.15) is 5.03 Å². The lowest BCUT2D eigenvalue weighted by atomic mass is 9.91. The molecule has 6 heteroatoms. The van der Waals surface area contributed by atoms with Gasteiger partial charge in [-0.1, -0.05) is 37.7 Å². The first kappa shape index (κ1) is 19.0. The number of anilines is 1. The normalized spacial score (nSPS) is 22.1. The number of carbonyl (C=O) groups excluding carboxylic acids is 2. The molecule has 0 aliphatic carbocycles. The van der Waals surface area contributed by atoms with Crippen LogP contribution in [0.1, 0.15) is 36.2 Å². The molecule has 2 atom stereocenters. The van der Waals surface area contributed by atoms with Crippen LogP contribution in [-0.2, 0) is 11.3 Å². The molecule has 1 aromatic carbocycles. The van der Waals surface area contributed by atoms with Crippen LogP contribution in [0.15, 0.2) is 47.6 Å². The van der Waals surface area contributed by atoms with Crippen LogP contribution in [0.3, 0.4) is 0 Å². The van der Waals surface area contributed by atoms with Crippen molar-refractivity contribution in [2.24, 2.45) is 11.8 Å². The quantitative estimate of drug-likeness (QED) is 0.792. The highest BCUT2D eigenvalue weighted by Crippen LogP contribution is 2.34. The summed E-state index contributed by atoms with van der Waals surface area (Å²) < 4.78 is 0. The second-order valence-corrected chi connectivity index (χ2v) is 8.91. The number of nitrogens with zero attached hydrogens (tertiary/aromatic N) is 3. The summed E-state index contributed by atoms with van der Waals surface area (Å²) in [6.07, 6.45) is 2.93. The molecule has 3 heterocycles. The molecule has 4 rings (SSSR count). The molecule has 0 bridgehead atoms. The number of thioether (sulfide) groups is 1. The Labute approximate surface area is 170 Å². The lowest BCUT2D eigenvalue weighted by molar-refractivity contribution is -0.116. The van der Waals surface area contributed by atoms with Gasteiger partial charge in [-0.25, -0.2) is 4.98 Å². The van der Waals surface area contributed by atoms with E-state index in [4.69, 9.17) is 0 Å². The zero-order chi connectivity index (χ0) is 19.7.